The van der Waals surface area contributed by atoms with Crippen LogP contribution in [-0.4, -0.2) is 15.6 Å². The number of nitrogens with zero attached hydrogens (tertiary/aromatic N) is 1. The zero-order valence-electron chi connectivity index (χ0n) is 12.3. The van der Waals surface area contributed by atoms with E-state index in [0.29, 0.717) is 16.9 Å². The SMILES string of the molecule is Cc1cc(-n2c(C)c(C(=O)O)c(C)cc2=O)cc(C)c1Br. The first-order valence-corrected chi connectivity index (χ1v) is 7.27. The molecule has 4 nitrogen and oxygen atoms in total. The van der Waals surface area contributed by atoms with E-state index in [9.17, 15) is 14.7 Å². The fourth-order valence-electron chi connectivity index (χ4n) is 2.58. The van der Waals surface area contributed by atoms with Gasteiger partial charge in [-0.15, -0.1) is 0 Å². The number of carboxylic acid groups (broad SMARTS) is 1. The van der Waals surface area contributed by atoms with Crippen LogP contribution in [0.15, 0.2) is 27.5 Å². The molecular weight excluding hydrogens is 334 g/mol. The van der Waals surface area contributed by atoms with Gasteiger partial charge in [0.1, 0.15) is 0 Å². The van der Waals surface area contributed by atoms with E-state index in [1.807, 2.05) is 26.0 Å². The minimum absolute atomic E-state index is 0.174. The Kier molecular flexibility index (Phi) is 4.05. The highest BCUT2D eigenvalue weighted by atomic mass is 79.9. The summed E-state index contributed by atoms with van der Waals surface area (Å²) in [6.45, 7) is 7.17. The third-order valence-electron chi connectivity index (χ3n) is 3.55. The van der Waals surface area contributed by atoms with Crippen molar-refractivity contribution in [3.05, 3.63) is 61.0 Å². The normalized spacial score (nSPS) is 10.7. The molecule has 1 heterocycles. The maximum Gasteiger partial charge on any atom is 0.337 e. The number of carbonyl (C=O) groups is 1. The number of benzene rings is 1. The zero-order valence-corrected chi connectivity index (χ0v) is 13.9. The van der Waals surface area contributed by atoms with E-state index in [2.05, 4.69) is 15.9 Å². The molecule has 2 aromatic rings. The highest BCUT2D eigenvalue weighted by Gasteiger charge is 2.17. The summed E-state index contributed by atoms with van der Waals surface area (Å²) >= 11 is 3.49. The Morgan fingerprint density at radius 1 is 1.05 bits per heavy atom. The van der Waals surface area contributed by atoms with Crippen LogP contribution in [0.2, 0.25) is 0 Å². The van der Waals surface area contributed by atoms with Crippen LogP contribution >= 0.6 is 15.9 Å². The summed E-state index contributed by atoms with van der Waals surface area (Å²) in [7, 11) is 0. The summed E-state index contributed by atoms with van der Waals surface area (Å²) in [6.07, 6.45) is 0. The molecule has 21 heavy (non-hydrogen) atoms. The lowest BCUT2D eigenvalue weighted by molar-refractivity contribution is 0.0694. The molecule has 0 fully saturated rings. The molecular formula is C16H16BrNO3. The van der Waals surface area contributed by atoms with Crippen LogP contribution in [-0.2, 0) is 0 Å². The van der Waals surface area contributed by atoms with Crippen molar-refractivity contribution >= 4 is 21.9 Å². The fourth-order valence-corrected chi connectivity index (χ4v) is 2.81. The Labute approximate surface area is 131 Å². The lowest BCUT2D eigenvalue weighted by Crippen LogP contribution is -2.24. The first-order chi connectivity index (χ1) is 9.73. The third kappa shape index (κ3) is 2.65. The Morgan fingerprint density at radius 2 is 1.57 bits per heavy atom. The van der Waals surface area contributed by atoms with Gasteiger partial charge in [0.05, 0.1) is 5.56 Å². The van der Waals surface area contributed by atoms with Crippen molar-refractivity contribution in [2.24, 2.45) is 0 Å². The second-order valence-corrected chi connectivity index (χ2v) is 5.95. The highest BCUT2D eigenvalue weighted by Crippen LogP contribution is 2.25. The van der Waals surface area contributed by atoms with Gasteiger partial charge in [-0.3, -0.25) is 9.36 Å². The second-order valence-electron chi connectivity index (χ2n) is 5.16. The van der Waals surface area contributed by atoms with Gasteiger partial charge in [0.15, 0.2) is 0 Å². The Bertz CT molecular complexity index is 783. The van der Waals surface area contributed by atoms with Crippen LogP contribution in [0.1, 0.15) is 32.7 Å². The molecule has 1 aromatic heterocycles. The van der Waals surface area contributed by atoms with E-state index in [-0.39, 0.29) is 11.1 Å². The molecule has 1 aromatic carbocycles. The number of aromatic nitrogens is 1. The molecule has 0 radical (unpaired) electrons. The van der Waals surface area contributed by atoms with Gasteiger partial charge in [-0.2, -0.15) is 0 Å². The monoisotopic (exact) mass is 349 g/mol. The van der Waals surface area contributed by atoms with Gasteiger partial charge in [-0.1, -0.05) is 15.9 Å². The van der Waals surface area contributed by atoms with Gasteiger partial charge in [0.25, 0.3) is 5.56 Å². The van der Waals surface area contributed by atoms with Crippen LogP contribution in [0, 0.1) is 27.7 Å². The number of hydrogen-bond acceptors (Lipinski definition) is 2. The average Bonchev–Trinajstić information content (AvgIpc) is 2.34. The molecule has 5 heteroatoms. The van der Waals surface area contributed by atoms with Crippen LogP contribution < -0.4 is 5.56 Å². The molecule has 0 atom stereocenters. The fraction of sp³-hybridized carbons (Fsp3) is 0.250. The number of aromatic carboxylic acids is 1. The molecule has 0 amide bonds. The highest BCUT2D eigenvalue weighted by molar-refractivity contribution is 9.10. The topological polar surface area (TPSA) is 59.3 Å². The summed E-state index contributed by atoms with van der Waals surface area (Å²) in [4.78, 5) is 23.7. The first-order valence-electron chi connectivity index (χ1n) is 6.47. The molecule has 1 N–H and O–H groups in total. The average molecular weight is 350 g/mol. The first kappa shape index (κ1) is 15.5. The lowest BCUT2D eigenvalue weighted by Gasteiger charge is -2.16. The zero-order chi connectivity index (χ0) is 15.9. The van der Waals surface area contributed by atoms with Gasteiger partial charge in [-0.25, -0.2) is 4.79 Å². The molecule has 0 aliphatic heterocycles. The Morgan fingerprint density at radius 3 is 2.05 bits per heavy atom. The van der Waals surface area contributed by atoms with E-state index in [0.717, 1.165) is 15.6 Å². The smallest absolute Gasteiger partial charge is 0.337 e. The van der Waals surface area contributed by atoms with Gasteiger partial charge < -0.3 is 5.11 Å². The number of hydrogen-bond donors (Lipinski definition) is 1. The summed E-state index contributed by atoms with van der Waals surface area (Å²) in [5, 5.41) is 9.34. The van der Waals surface area contributed by atoms with Crippen molar-refractivity contribution < 1.29 is 9.90 Å². The van der Waals surface area contributed by atoms with E-state index in [4.69, 9.17) is 0 Å². The van der Waals surface area contributed by atoms with Crippen molar-refractivity contribution in [2.45, 2.75) is 27.7 Å². The quantitative estimate of drug-likeness (QED) is 0.901. The van der Waals surface area contributed by atoms with E-state index < -0.39 is 5.97 Å². The Hall–Kier alpha value is -1.88. The van der Waals surface area contributed by atoms with Crippen molar-refractivity contribution in [2.75, 3.05) is 0 Å². The number of carboxylic acids is 1. The maximum absolute atomic E-state index is 12.3. The van der Waals surface area contributed by atoms with Gasteiger partial charge in [0, 0.05) is 21.9 Å². The van der Waals surface area contributed by atoms with E-state index >= 15 is 0 Å². The second kappa shape index (κ2) is 5.48. The number of pyridine rings is 1. The molecule has 0 saturated heterocycles. The standard InChI is InChI=1S/C16H16BrNO3/c1-8-7-13(19)18(11(4)14(8)16(20)21)12-5-9(2)15(17)10(3)6-12/h5-7H,1-4H3,(H,20,21). The molecule has 0 bridgehead atoms. The number of aryl methyl sites for hydroxylation is 3. The molecule has 0 aliphatic carbocycles. The van der Waals surface area contributed by atoms with E-state index in [1.54, 1.807) is 13.8 Å². The summed E-state index contributed by atoms with van der Waals surface area (Å²) in [5.41, 5.74) is 3.53. The van der Waals surface area contributed by atoms with Crippen LogP contribution in [0.25, 0.3) is 5.69 Å². The van der Waals surface area contributed by atoms with Crippen molar-refractivity contribution in [3.8, 4) is 5.69 Å². The predicted octanol–water partition coefficient (Wildman–Crippen LogP) is 3.53. The van der Waals surface area contributed by atoms with Crippen molar-refractivity contribution in [3.63, 3.8) is 0 Å². The van der Waals surface area contributed by atoms with Gasteiger partial charge >= 0.3 is 5.97 Å². The largest absolute Gasteiger partial charge is 0.478 e. The maximum atomic E-state index is 12.3. The summed E-state index contributed by atoms with van der Waals surface area (Å²) in [5.74, 6) is -1.02. The van der Waals surface area contributed by atoms with Crippen LogP contribution in [0.3, 0.4) is 0 Å². The van der Waals surface area contributed by atoms with Gasteiger partial charge in [-0.05, 0) is 56.5 Å². The van der Waals surface area contributed by atoms with Crippen molar-refractivity contribution in [1.29, 1.82) is 0 Å². The molecule has 2 rings (SSSR count). The molecule has 0 saturated carbocycles. The molecule has 0 unspecified atom stereocenters. The van der Waals surface area contributed by atoms with Gasteiger partial charge in [0.2, 0.25) is 0 Å². The van der Waals surface area contributed by atoms with Crippen LogP contribution in [0.4, 0.5) is 0 Å². The van der Waals surface area contributed by atoms with Crippen molar-refractivity contribution in [1.82, 2.24) is 4.57 Å². The summed E-state index contributed by atoms with van der Waals surface area (Å²) in [6, 6.07) is 5.10. The summed E-state index contributed by atoms with van der Waals surface area (Å²) < 4.78 is 2.44. The minimum atomic E-state index is -1.02. The molecule has 0 aliphatic rings. The molecule has 0 spiro atoms. The van der Waals surface area contributed by atoms with Crippen LogP contribution in [0.5, 0.6) is 0 Å². The lowest BCUT2D eigenvalue weighted by atomic mass is 10.1. The third-order valence-corrected chi connectivity index (χ3v) is 4.80. The minimum Gasteiger partial charge on any atom is -0.478 e. The molecule has 110 valence electrons. The predicted molar refractivity (Wildman–Crippen MR) is 85.6 cm³/mol. The number of halogens is 1. The van der Waals surface area contributed by atoms with E-state index in [1.165, 1.54) is 10.6 Å². The number of rotatable bonds is 2. The Balaban J connectivity index is 2.85.